The van der Waals surface area contributed by atoms with Crippen LogP contribution in [-0.2, 0) is 24.8 Å². The van der Waals surface area contributed by atoms with E-state index in [0.29, 0.717) is 17.8 Å². The van der Waals surface area contributed by atoms with Crippen molar-refractivity contribution in [2.75, 3.05) is 4.90 Å². The highest BCUT2D eigenvalue weighted by atomic mass is 79.9. The van der Waals surface area contributed by atoms with E-state index in [1.165, 1.54) is 4.90 Å². The Kier molecular flexibility index (Phi) is 3.41. The van der Waals surface area contributed by atoms with Gasteiger partial charge in [0.1, 0.15) is 0 Å². The first-order chi connectivity index (χ1) is 10.0. The number of amides is 1. The Bertz CT molecular complexity index is 751. The lowest BCUT2D eigenvalue weighted by molar-refractivity contribution is -0.114. The number of fused-ring (bicyclic) bond motifs is 1. The van der Waals surface area contributed by atoms with Crippen molar-refractivity contribution in [3.05, 3.63) is 45.7 Å². The van der Waals surface area contributed by atoms with Gasteiger partial charge in [-0.25, -0.2) is 0 Å². The van der Waals surface area contributed by atoms with E-state index < -0.39 is 11.7 Å². The molecular weight excluding hydrogens is 334 g/mol. The molecular formula is C15H14BrN3O2. The van der Waals surface area contributed by atoms with E-state index in [1.54, 1.807) is 16.8 Å². The fourth-order valence-corrected chi connectivity index (χ4v) is 3.10. The standard InChI is InChI=1S/C15H14BrN3O2/c1-3-9-7-10(18(2)17-9)8-19-13-11(14(20)15(19)21)5-4-6-12(13)16/h4-7H,3,8H2,1-2H3. The summed E-state index contributed by atoms with van der Waals surface area (Å²) in [4.78, 5) is 25.8. The number of aryl methyl sites for hydroxylation is 2. The molecule has 0 saturated carbocycles. The van der Waals surface area contributed by atoms with Crippen LogP contribution >= 0.6 is 15.9 Å². The lowest BCUT2D eigenvalue weighted by Crippen LogP contribution is -2.30. The molecule has 2 aromatic rings. The maximum atomic E-state index is 12.2. The van der Waals surface area contributed by atoms with Crippen molar-refractivity contribution in [3.8, 4) is 0 Å². The fraction of sp³-hybridized carbons (Fsp3) is 0.267. The highest BCUT2D eigenvalue weighted by Crippen LogP contribution is 2.36. The Morgan fingerprint density at radius 3 is 2.71 bits per heavy atom. The first kappa shape index (κ1) is 14.0. The van der Waals surface area contributed by atoms with Crippen molar-refractivity contribution in [3.63, 3.8) is 0 Å². The van der Waals surface area contributed by atoms with E-state index in [9.17, 15) is 9.59 Å². The molecule has 1 aliphatic rings. The van der Waals surface area contributed by atoms with Crippen LogP contribution in [0.15, 0.2) is 28.7 Å². The minimum absolute atomic E-state index is 0.337. The molecule has 0 spiro atoms. The number of hydrogen-bond donors (Lipinski definition) is 0. The molecule has 0 bridgehead atoms. The zero-order valence-corrected chi connectivity index (χ0v) is 13.3. The van der Waals surface area contributed by atoms with E-state index in [-0.39, 0.29) is 0 Å². The number of hydrogen-bond acceptors (Lipinski definition) is 3. The molecule has 3 rings (SSSR count). The number of carbonyl (C=O) groups is 2. The van der Waals surface area contributed by atoms with Gasteiger partial charge >= 0.3 is 0 Å². The minimum Gasteiger partial charge on any atom is -0.298 e. The molecule has 0 N–H and O–H groups in total. The third-order valence-electron chi connectivity index (χ3n) is 3.65. The van der Waals surface area contributed by atoms with Gasteiger partial charge in [0.2, 0.25) is 0 Å². The number of anilines is 1. The topological polar surface area (TPSA) is 55.2 Å². The average Bonchev–Trinajstić information content (AvgIpc) is 2.94. The van der Waals surface area contributed by atoms with Crippen LogP contribution in [0.2, 0.25) is 0 Å². The predicted molar refractivity (Wildman–Crippen MR) is 82.2 cm³/mol. The number of ketones is 1. The van der Waals surface area contributed by atoms with Gasteiger partial charge in [0, 0.05) is 11.5 Å². The summed E-state index contributed by atoms with van der Waals surface area (Å²) >= 11 is 3.42. The summed E-state index contributed by atoms with van der Waals surface area (Å²) < 4.78 is 2.50. The number of rotatable bonds is 3. The lowest BCUT2D eigenvalue weighted by atomic mass is 10.1. The number of halogens is 1. The van der Waals surface area contributed by atoms with Gasteiger partial charge in [-0.1, -0.05) is 13.0 Å². The molecule has 0 fully saturated rings. The summed E-state index contributed by atoms with van der Waals surface area (Å²) in [5.41, 5.74) is 2.97. The Morgan fingerprint density at radius 1 is 1.29 bits per heavy atom. The number of aromatic nitrogens is 2. The lowest BCUT2D eigenvalue weighted by Gasteiger charge is -2.17. The summed E-state index contributed by atoms with van der Waals surface area (Å²) in [6.45, 7) is 2.37. The van der Waals surface area contributed by atoms with Gasteiger partial charge in [-0.15, -0.1) is 0 Å². The SMILES string of the molecule is CCc1cc(CN2C(=O)C(=O)c3cccc(Br)c32)n(C)n1. The van der Waals surface area contributed by atoms with Gasteiger partial charge < -0.3 is 0 Å². The van der Waals surface area contributed by atoms with Crippen molar-refractivity contribution >= 4 is 33.3 Å². The van der Waals surface area contributed by atoms with Crippen molar-refractivity contribution < 1.29 is 9.59 Å². The third-order valence-corrected chi connectivity index (χ3v) is 4.29. The average molecular weight is 348 g/mol. The molecule has 1 aromatic heterocycles. The molecule has 0 atom stereocenters. The van der Waals surface area contributed by atoms with Gasteiger partial charge in [-0.2, -0.15) is 5.10 Å². The molecule has 1 aliphatic heterocycles. The molecule has 0 unspecified atom stereocenters. The largest absolute Gasteiger partial charge is 0.299 e. The minimum atomic E-state index is -0.490. The highest BCUT2D eigenvalue weighted by Gasteiger charge is 2.37. The number of carbonyl (C=O) groups excluding carboxylic acids is 2. The van der Waals surface area contributed by atoms with Gasteiger partial charge in [0.25, 0.3) is 11.7 Å². The Hall–Kier alpha value is -1.95. The van der Waals surface area contributed by atoms with Crippen LogP contribution in [0.1, 0.15) is 28.7 Å². The second-order valence-electron chi connectivity index (χ2n) is 4.96. The van der Waals surface area contributed by atoms with Crippen LogP contribution in [0, 0.1) is 0 Å². The number of nitrogens with zero attached hydrogens (tertiary/aromatic N) is 3. The first-order valence-corrected chi connectivity index (χ1v) is 7.48. The predicted octanol–water partition coefficient (Wildman–Crippen LogP) is 2.47. The Balaban J connectivity index is 2.02. The molecule has 1 aromatic carbocycles. The molecule has 0 saturated heterocycles. The van der Waals surface area contributed by atoms with E-state index in [0.717, 1.165) is 22.3 Å². The van der Waals surface area contributed by atoms with Crippen LogP contribution in [0.5, 0.6) is 0 Å². The van der Waals surface area contributed by atoms with Gasteiger partial charge in [0.15, 0.2) is 0 Å². The van der Waals surface area contributed by atoms with Crippen LogP contribution < -0.4 is 4.90 Å². The number of Topliss-reactive ketones (excluding diaryl/α,β-unsaturated/α-hetero) is 1. The van der Waals surface area contributed by atoms with E-state index in [1.807, 2.05) is 26.1 Å². The van der Waals surface area contributed by atoms with Crippen LogP contribution in [-0.4, -0.2) is 21.5 Å². The number of para-hydroxylation sites is 1. The third kappa shape index (κ3) is 2.19. The summed E-state index contributed by atoms with van der Waals surface area (Å²) in [7, 11) is 1.85. The molecule has 21 heavy (non-hydrogen) atoms. The second kappa shape index (κ2) is 5.11. The molecule has 5 nitrogen and oxygen atoms in total. The van der Waals surface area contributed by atoms with Crippen molar-refractivity contribution in [1.29, 1.82) is 0 Å². The molecule has 6 heteroatoms. The van der Waals surface area contributed by atoms with Crippen LogP contribution in [0.25, 0.3) is 0 Å². The summed E-state index contributed by atoms with van der Waals surface area (Å²) in [5, 5.41) is 4.38. The molecule has 2 heterocycles. The summed E-state index contributed by atoms with van der Waals surface area (Å²) in [6, 6.07) is 7.24. The molecule has 108 valence electrons. The highest BCUT2D eigenvalue weighted by molar-refractivity contribution is 9.10. The van der Waals surface area contributed by atoms with E-state index in [4.69, 9.17) is 0 Å². The summed E-state index contributed by atoms with van der Waals surface area (Å²) in [5.74, 6) is -0.944. The van der Waals surface area contributed by atoms with E-state index >= 15 is 0 Å². The molecule has 0 radical (unpaired) electrons. The Labute approximate surface area is 130 Å². The second-order valence-corrected chi connectivity index (χ2v) is 5.81. The molecule has 0 aliphatic carbocycles. The quantitative estimate of drug-likeness (QED) is 0.801. The summed E-state index contributed by atoms with van der Waals surface area (Å²) in [6.07, 6.45) is 0.834. The maximum absolute atomic E-state index is 12.2. The van der Waals surface area contributed by atoms with Gasteiger partial charge in [0.05, 0.1) is 29.2 Å². The van der Waals surface area contributed by atoms with Crippen molar-refractivity contribution in [2.24, 2.45) is 7.05 Å². The van der Waals surface area contributed by atoms with Crippen molar-refractivity contribution in [1.82, 2.24) is 9.78 Å². The van der Waals surface area contributed by atoms with Gasteiger partial charge in [-0.05, 0) is 40.5 Å². The monoisotopic (exact) mass is 347 g/mol. The maximum Gasteiger partial charge on any atom is 0.299 e. The first-order valence-electron chi connectivity index (χ1n) is 6.69. The number of benzene rings is 1. The van der Waals surface area contributed by atoms with Crippen LogP contribution in [0.3, 0.4) is 0 Å². The fourth-order valence-electron chi connectivity index (χ4n) is 2.52. The normalized spacial score (nSPS) is 14.0. The smallest absolute Gasteiger partial charge is 0.298 e. The van der Waals surface area contributed by atoms with Crippen LogP contribution in [0.4, 0.5) is 5.69 Å². The van der Waals surface area contributed by atoms with Gasteiger partial charge in [-0.3, -0.25) is 19.2 Å². The molecule has 1 amide bonds. The van der Waals surface area contributed by atoms with Crippen molar-refractivity contribution in [2.45, 2.75) is 19.9 Å². The zero-order valence-electron chi connectivity index (χ0n) is 11.8. The zero-order chi connectivity index (χ0) is 15.1. The Morgan fingerprint density at radius 2 is 2.05 bits per heavy atom. The van der Waals surface area contributed by atoms with E-state index in [2.05, 4.69) is 21.0 Å².